The number of carbonyl (C=O) groups excluding carboxylic acids is 1. The molecule has 1 aromatic carbocycles. The normalized spacial score (nSPS) is 10.4. The zero-order chi connectivity index (χ0) is 11.8. The van der Waals surface area contributed by atoms with E-state index in [1.54, 1.807) is 6.92 Å². The van der Waals surface area contributed by atoms with E-state index in [1.165, 1.54) is 6.08 Å². The maximum absolute atomic E-state index is 11.5. The van der Waals surface area contributed by atoms with E-state index in [2.05, 4.69) is 15.3 Å². The van der Waals surface area contributed by atoms with E-state index in [9.17, 15) is 4.79 Å². The van der Waals surface area contributed by atoms with Gasteiger partial charge < -0.3 is 5.32 Å². The summed E-state index contributed by atoms with van der Waals surface area (Å²) in [4.78, 5) is 14.1. The first-order valence-corrected chi connectivity index (χ1v) is 4.81. The van der Waals surface area contributed by atoms with Crippen LogP contribution in [-0.2, 0) is 11.3 Å². The lowest BCUT2D eigenvalue weighted by Gasteiger charge is -2.04. The molecule has 0 aliphatic rings. The van der Waals surface area contributed by atoms with E-state index in [-0.39, 0.29) is 11.6 Å². The van der Waals surface area contributed by atoms with Gasteiger partial charge in [-0.2, -0.15) is 0 Å². The third kappa shape index (κ3) is 3.48. The van der Waals surface area contributed by atoms with Gasteiger partial charge >= 0.3 is 0 Å². The van der Waals surface area contributed by atoms with Crippen molar-refractivity contribution in [1.29, 1.82) is 0 Å². The molecular formula is C11H12N4O. The third-order valence-electron chi connectivity index (χ3n) is 1.95. The molecule has 0 saturated carbocycles. The number of hydrogen-bond donors (Lipinski definition) is 1. The van der Waals surface area contributed by atoms with Gasteiger partial charge in [0.05, 0.1) is 5.70 Å². The summed E-state index contributed by atoms with van der Waals surface area (Å²) >= 11 is 0. The zero-order valence-electron chi connectivity index (χ0n) is 8.92. The van der Waals surface area contributed by atoms with Crippen molar-refractivity contribution in [3.05, 3.63) is 58.1 Å². The topological polar surface area (TPSA) is 77.9 Å². The fourth-order valence-electron chi connectivity index (χ4n) is 1.15. The largest absolute Gasteiger partial charge is 0.348 e. The lowest BCUT2D eigenvalue weighted by atomic mass is 10.2. The number of nitrogens with one attached hydrogen (secondary N) is 1. The van der Waals surface area contributed by atoms with Crippen LogP contribution < -0.4 is 5.32 Å². The monoisotopic (exact) mass is 216 g/mol. The van der Waals surface area contributed by atoms with Crippen LogP contribution in [-0.4, -0.2) is 5.91 Å². The second kappa shape index (κ2) is 6.27. The number of rotatable bonds is 4. The molecule has 1 rings (SSSR count). The number of azide groups is 1. The number of allylic oxidation sites excluding steroid dienone is 1. The van der Waals surface area contributed by atoms with Crippen molar-refractivity contribution >= 4 is 5.91 Å². The van der Waals surface area contributed by atoms with Crippen molar-refractivity contribution in [1.82, 2.24) is 5.32 Å². The number of carbonyl (C=O) groups is 1. The molecule has 1 amide bonds. The molecule has 5 heteroatoms. The summed E-state index contributed by atoms with van der Waals surface area (Å²) in [6.07, 6.45) is 1.47. The van der Waals surface area contributed by atoms with Crippen molar-refractivity contribution in [2.24, 2.45) is 5.11 Å². The number of hydrogen-bond acceptors (Lipinski definition) is 2. The van der Waals surface area contributed by atoms with Gasteiger partial charge in [0.1, 0.15) is 0 Å². The van der Waals surface area contributed by atoms with Crippen molar-refractivity contribution < 1.29 is 4.79 Å². The highest BCUT2D eigenvalue weighted by atomic mass is 16.2. The van der Waals surface area contributed by atoms with Gasteiger partial charge in [-0.3, -0.25) is 4.79 Å². The van der Waals surface area contributed by atoms with Gasteiger partial charge in [0.25, 0.3) is 5.91 Å². The Labute approximate surface area is 93.4 Å². The Kier molecular flexibility index (Phi) is 4.63. The second-order valence-corrected chi connectivity index (χ2v) is 3.03. The van der Waals surface area contributed by atoms with Gasteiger partial charge in [-0.1, -0.05) is 41.5 Å². The zero-order valence-corrected chi connectivity index (χ0v) is 8.92. The third-order valence-corrected chi connectivity index (χ3v) is 1.95. The fourth-order valence-corrected chi connectivity index (χ4v) is 1.15. The lowest BCUT2D eigenvalue weighted by Crippen LogP contribution is -2.23. The lowest BCUT2D eigenvalue weighted by molar-refractivity contribution is -0.117. The minimum atomic E-state index is -0.371. The molecule has 0 saturated heterocycles. The SMILES string of the molecule is C/C=C(\N=[N+]=[N-])C(=O)NCc1ccccc1. The molecule has 0 spiro atoms. The minimum Gasteiger partial charge on any atom is -0.348 e. The summed E-state index contributed by atoms with van der Waals surface area (Å²) in [5.41, 5.74) is 9.31. The van der Waals surface area contributed by atoms with E-state index in [0.717, 1.165) is 5.56 Å². The molecule has 1 aromatic rings. The van der Waals surface area contributed by atoms with Crippen LogP contribution in [0.4, 0.5) is 0 Å². The average Bonchev–Trinajstić information content (AvgIpc) is 2.34. The highest BCUT2D eigenvalue weighted by Gasteiger charge is 2.05. The summed E-state index contributed by atoms with van der Waals surface area (Å²) in [6, 6.07) is 9.51. The molecule has 0 fully saturated rings. The molecule has 0 heterocycles. The molecular weight excluding hydrogens is 204 g/mol. The quantitative estimate of drug-likeness (QED) is 0.357. The van der Waals surface area contributed by atoms with Crippen LogP contribution in [0.1, 0.15) is 12.5 Å². The summed E-state index contributed by atoms with van der Waals surface area (Å²) in [5.74, 6) is -0.371. The molecule has 16 heavy (non-hydrogen) atoms. The summed E-state index contributed by atoms with van der Waals surface area (Å²) in [7, 11) is 0. The van der Waals surface area contributed by atoms with Gasteiger partial charge in [-0.25, -0.2) is 0 Å². The van der Waals surface area contributed by atoms with E-state index in [4.69, 9.17) is 5.53 Å². The molecule has 0 aliphatic heterocycles. The molecule has 0 aliphatic carbocycles. The molecule has 0 bridgehead atoms. The first-order chi connectivity index (χ1) is 7.77. The van der Waals surface area contributed by atoms with Crippen LogP contribution in [0.15, 0.2) is 47.2 Å². The highest BCUT2D eigenvalue weighted by molar-refractivity contribution is 5.92. The Balaban J connectivity index is 2.56. The van der Waals surface area contributed by atoms with Gasteiger partial charge in [0, 0.05) is 11.5 Å². The van der Waals surface area contributed by atoms with Crippen molar-refractivity contribution in [3.8, 4) is 0 Å². The van der Waals surface area contributed by atoms with Crippen molar-refractivity contribution in [2.45, 2.75) is 13.5 Å². The van der Waals surface area contributed by atoms with Gasteiger partial charge in [-0.05, 0) is 18.0 Å². The molecule has 0 unspecified atom stereocenters. The van der Waals surface area contributed by atoms with Crippen LogP contribution in [0.3, 0.4) is 0 Å². The Bertz CT molecular complexity index is 433. The summed E-state index contributed by atoms with van der Waals surface area (Å²) < 4.78 is 0. The molecule has 0 radical (unpaired) electrons. The van der Waals surface area contributed by atoms with E-state index in [1.807, 2.05) is 30.3 Å². The number of nitrogens with zero attached hydrogens (tertiary/aromatic N) is 3. The van der Waals surface area contributed by atoms with E-state index >= 15 is 0 Å². The van der Waals surface area contributed by atoms with Gasteiger partial charge in [0.2, 0.25) is 0 Å². The maximum atomic E-state index is 11.5. The van der Waals surface area contributed by atoms with Crippen molar-refractivity contribution in [2.75, 3.05) is 0 Å². The second-order valence-electron chi connectivity index (χ2n) is 3.03. The highest BCUT2D eigenvalue weighted by Crippen LogP contribution is 2.00. The smallest absolute Gasteiger partial charge is 0.253 e. The van der Waals surface area contributed by atoms with E-state index in [0.29, 0.717) is 6.54 Å². The molecule has 82 valence electrons. The standard InChI is InChI=1S/C11H12N4O/c1-2-10(14-15-12)11(16)13-8-9-6-4-3-5-7-9/h2-7H,8H2,1H3,(H,13,16)/b10-2-. The van der Waals surface area contributed by atoms with Crippen LogP contribution in [0.5, 0.6) is 0 Å². The average molecular weight is 216 g/mol. The number of amides is 1. The first-order valence-electron chi connectivity index (χ1n) is 4.81. The minimum absolute atomic E-state index is 0.0819. The predicted octanol–water partition coefficient (Wildman–Crippen LogP) is 2.52. The Morgan fingerprint density at radius 1 is 1.50 bits per heavy atom. The summed E-state index contributed by atoms with van der Waals surface area (Å²) in [5, 5.41) is 5.95. The van der Waals surface area contributed by atoms with Crippen LogP contribution in [0.25, 0.3) is 10.4 Å². The van der Waals surface area contributed by atoms with E-state index < -0.39 is 0 Å². The van der Waals surface area contributed by atoms with Crippen LogP contribution in [0.2, 0.25) is 0 Å². The molecule has 1 N–H and O–H groups in total. The molecule has 0 atom stereocenters. The van der Waals surface area contributed by atoms with Crippen molar-refractivity contribution in [3.63, 3.8) is 0 Å². The maximum Gasteiger partial charge on any atom is 0.253 e. The Morgan fingerprint density at radius 2 is 2.19 bits per heavy atom. The fraction of sp³-hybridized carbons (Fsp3) is 0.182. The number of benzene rings is 1. The Morgan fingerprint density at radius 3 is 2.75 bits per heavy atom. The molecule has 0 aromatic heterocycles. The van der Waals surface area contributed by atoms with Crippen LogP contribution >= 0.6 is 0 Å². The predicted molar refractivity (Wildman–Crippen MR) is 61.2 cm³/mol. The first kappa shape index (κ1) is 11.8. The summed E-state index contributed by atoms with van der Waals surface area (Å²) in [6.45, 7) is 2.06. The van der Waals surface area contributed by atoms with Crippen LogP contribution in [0, 0.1) is 0 Å². The Hall–Kier alpha value is -2.26. The van der Waals surface area contributed by atoms with Gasteiger partial charge in [0.15, 0.2) is 0 Å². The molecule has 5 nitrogen and oxygen atoms in total. The van der Waals surface area contributed by atoms with Gasteiger partial charge in [-0.15, -0.1) is 0 Å².